The van der Waals surface area contributed by atoms with Crippen LogP contribution >= 0.6 is 0 Å². The summed E-state index contributed by atoms with van der Waals surface area (Å²) in [5.41, 5.74) is -0.156. The molecule has 1 heterocycles. The number of carbonyl (C=O) groups is 2. The third-order valence-electron chi connectivity index (χ3n) is 1.93. The molecule has 0 fully saturated rings. The lowest BCUT2D eigenvalue weighted by Crippen LogP contribution is -2.41. The lowest BCUT2D eigenvalue weighted by Gasteiger charge is -2.21. The van der Waals surface area contributed by atoms with Crippen LogP contribution in [0.5, 0.6) is 0 Å². The molecule has 0 unspecified atom stereocenters. The molecule has 0 saturated heterocycles. The van der Waals surface area contributed by atoms with Gasteiger partial charge < -0.3 is 14.5 Å². The second-order valence-corrected chi connectivity index (χ2v) is 4.74. The summed E-state index contributed by atoms with van der Waals surface area (Å²) in [5.74, 6) is -0.218. The van der Waals surface area contributed by atoms with Gasteiger partial charge in [-0.25, -0.2) is 4.79 Å². The van der Waals surface area contributed by atoms with E-state index in [2.05, 4.69) is 5.32 Å². The van der Waals surface area contributed by atoms with E-state index in [0.717, 1.165) is 0 Å². The zero-order valence-corrected chi connectivity index (χ0v) is 10.4. The summed E-state index contributed by atoms with van der Waals surface area (Å²) in [6, 6.07) is 0.901. The van der Waals surface area contributed by atoms with Crippen molar-refractivity contribution in [1.82, 2.24) is 5.32 Å². The predicted octanol–water partition coefficient (Wildman–Crippen LogP) is 2.38. The van der Waals surface area contributed by atoms with Crippen molar-refractivity contribution in [2.75, 3.05) is 0 Å². The van der Waals surface area contributed by atoms with Crippen molar-refractivity contribution in [3.63, 3.8) is 0 Å². The number of furan rings is 1. The minimum Gasteiger partial charge on any atom is -0.472 e. The highest BCUT2D eigenvalue weighted by Crippen LogP contribution is 2.08. The highest BCUT2D eigenvalue weighted by molar-refractivity contribution is 6.00. The number of carbonyl (C=O) groups excluding carboxylic acids is 2. The molecule has 0 radical (unpaired) electrons. The predicted molar refractivity (Wildman–Crippen MR) is 61.9 cm³/mol. The van der Waals surface area contributed by atoms with Crippen LogP contribution in [0.15, 0.2) is 23.0 Å². The number of amides is 1. The topological polar surface area (TPSA) is 68.5 Å². The Labute approximate surface area is 100 Å². The van der Waals surface area contributed by atoms with E-state index >= 15 is 0 Å². The fraction of sp³-hybridized carbons (Fsp3) is 0.500. The molecule has 1 rings (SSSR count). The molecule has 0 aliphatic heterocycles. The van der Waals surface area contributed by atoms with E-state index in [9.17, 15) is 9.59 Å². The van der Waals surface area contributed by atoms with E-state index in [4.69, 9.17) is 9.15 Å². The number of nitrogens with one attached hydrogen (secondary N) is 1. The van der Waals surface area contributed by atoms with Crippen LogP contribution in [0, 0.1) is 0 Å². The van der Waals surface area contributed by atoms with E-state index in [1.165, 1.54) is 12.5 Å². The smallest absolute Gasteiger partial charge is 0.408 e. The van der Waals surface area contributed by atoms with Gasteiger partial charge in [0.15, 0.2) is 5.78 Å². The molecule has 0 aliphatic rings. The van der Waals surface area contributed by atoms with Gasteiger partial charge in [0.25, 0.3) is 0 Å². The number of Topliss-reactive ketones (excluding diaryl/α,β-unsaturated/α-hetero) is 1. The maximum atomic E-state index is 11.8. The van der Waals surface area contributed by atoms with Crippen molar-refractivity contribution in [3.05, 3.63) is 24.2 Å². The Hall–Kier alpha value is -1.78. The normalized spacial score (nSPS) is 12.9. The third kappa shape index (κ3) is 4.30. The second kappa shape index (κ2) is 5.03. The van der Waals surface area contributed by atoms with Gasteiger partial charge in [0.1, 0.15) is 11.9 Å². The molecule has 1 atom stereocenters. The van der Waals surface area contributed by atoms with Crippen molar-refractivity contribution < 1.29 is 18.7 Å². The van der Waals surface area contributed by atoms with Crippen LogP contribution < -0.4 is 5.32 Å². The van der Waals surface area contributed by atoms with Crippen LogP contribution in [-0.4, -0.2) is 23.5 Å². The van der Waals surface area contributed by atoms with Crippen LogP contribution in [0.2, 0.25) is 0 Å². The molecule has 0 bridgehead atoms. The molecule has 5 nitrogen and oxygen atoms in total. The summed E-state index contributed by atoms with van der Waals surface area (Å²) in [7, 11) is 0. The van der Waals surface area contributed by atoms with Crippen molar-refractivity contribution in [1.29, 1.82) is 0 Å². The lowest BCUT2D eigenvalue weighted by atomic mass is 10.1. The average Bonchev–Trinajstić information content (AvgIpc) is 2.65. The Morgan fingerprint density at radius 3 is 2.53 bits per heavy atom. The maximum absolute atomic E-state index is 11.8. The summed E-state index contributed by atoms with van der Waals surface area (Å²) < 4.78 is 9.86. The van der Waals surface area contributed by atoms with Crippen LogP contribution in [0.25, 0.3) is 0 Å². The summed E-state index contributed by atoms with van der Waals surface area (Å²) in [6.07, 6.45) is 2.14. The lowest BCUT2D eigenvalue weighted by molar-refractivity contribution is 0.0496. The molecule has 0 spiro atoms. The molecule has 1 amide bonds. The minimum atomic E-state index is -0.651. The first kappa shape index (κ1) is 13.3. The molecule has 0 aromatic carbocycles. The van der Waals surface area contributed by atoms with Gasteiger partial charge in [-0.05, 0) is 33.8 Å². The molecule has 1 N–H and O–H groups in total. The van der Waals surface area contributed by atoms with Gasteiger partial charge in [0, 0.05) is 0 Å². The largest absolute Gasteiger partial charge is 0.472 e. The van der Waals surface area contributed by atoms with Gasteiger partial charge in [-0.1, -0.05) is 0 Å². The van der Waals surface area contributed by atoms with E-state index in [-0.39, 0.29) is 5.78 Å². The van der Waals surface area contributed by atoms with Gasteiger partial charge >= 0.3 is 6.09 Å². The molecule has 0 aliphatic carbocycles. The van der Waals surface area contributed by atoms with E-state index in [1.807, 2.05) is 0 Å². The molecule has 5 heteroatoms. The van der Waals surface area contributed by atoms with Gasteiger partial charge in [0.2, 0.25) is 0 Å². The van der Waals surface area contributed by atoms with Gasteiger partial charge in [-0.2, -0.15) is 0 Å². The number of alkyl carbamates (subject to hydrolysis) is 1. The number of hydrogen-bond donors (Lipinski definition) is 1. The Bertz CT molecular complexity index is 389. The van der Waals surface area contributed by atoms with Gasteiger partial charge in [0.05, 0.1) is 17.9 Å². The Balaban J connectivity index is 2.52. The van der Waals surface area contributed by atoms with Gasteiger partial charge in [-0.15, -0.1) is 0 Å². The summed E-state index contributed by atoms with van der Waals surface area (Å²) in [6.45, 7) is 6.87. The van der Waals surface area contributed by atoms with Gasteiger partial charge in [-0.3, -0.25) is 4.79 Å². The first-order valence-electron chi connectivity index (χ1n) is 5.35. The Morgan fingerprint density at radius 1 is 1.41 bits per heavy atom. The zero-order valence-electron chi connectivity index (χ0n) is 10.4. The summed E-state index contributed by atoms with van der Waals surface area (Å²) in [5, 5.41) is 2.47. The quantitative estimate of drug-likeness (QED) is 0.822. The first-order valence-corrected chi connectivity index (χ1v) is 5.35. The molecule has 17 heavy (non-hydrogen) atoms. The van der Waals surface area contributed by atoms with Crippen molar-refractivity contribution in [2.24, 2.45) is 0 Å². The van der Waals surface area contributed by atoms with Crippen molar-refractivity contribution in [3.8, 4) is 0 Å². The standard InChI is InChI=1S/C12H17NO4/c1-8(10(14)9-5-6-16-7-9)13-11(15)17-12(2,3)4/h5-8H,1-4H3,(H,13,15)/t8-/m1/s1. The number of ketones is 1. The number of hydrogen-bond acceptors (Lipinski definition) is 4. The highest BCUT2D eigenvalue weighted by Gasteiger charge is 2.22. The first-order chi connectivity index (χ1) is 7.79. The van der Waals surface area contributed by atoms with Crippen molar-refractivity contribution >= 4 is 11.9 Å². The van der Waals surface area contributed by atoms with E-state index in [1.54, 1.807) is 33.8 Å². The van der Waals surface area contributed by atoms with Crippen LogP contribution in [0.1, 0.15) is 38.1 Å². The average molecular weight is 239 g/mol. The SMILES string of the molecule is C[C@@H](NC(=O)OC(C)(C)C)C(=O)c1ccoc1. The summed E-state index contributed by atoms with van der Waals surface area (Å²) in [4.78, 5) is 23.2. The van der Waals surface area contributed by atoms with Crippen LogP contribution in [-0.2, 0) is 4.74 Å². The third-order valence-corrected chi connectivity index (χ3v) is 1.93. The second-order valence-electron chi connectivity index (χ2n) is 4.74. The number of ether oxygens (including phenoxy) is 1. The Kier molecular flexibility index (Phi) is 3.93. The van der Waals surface area contributed by atoms with E-state index in [0.29, 0.717) is 5.56 Å². The monoisotopic (exact) mass is 239 g/mol. The highest BCUT2D eigenvalue weighted by atomic mass is 16.6. The van der Waals surface area contributed by atoms with Crippen LogP contribution in [0.3, 0.4) is 0 Å². The molecule has 0 saturated carbocycles. The molecule has 1 aromatic rings. The molecule has 94 valence electrons. The fourth-order valence-corrected chi connectivity index (χ4v) is 1.20. The maximum Gasteiger partial charge on any atom is 0.408 e. The fourth-order valence-electron chi connectivity index (χ4n) is 1.20. The van der Waals surface area contributed by atoms with E-state index < -0.39 is 17.7 Å². The van der Waals surface area contributed by atoms with Crippen molar-refractivity contribution in [2.45, 2.75) is 39.3 Å². The Morgan fingerprint density at radius 2 is 2.06 bits per heavy atom. The zero-order chi connectivity index (χ0) is 13.1. The number of rotatable bonds is 3. The molecule has 1 aromatic heterocycles. The molecular formula is C12H17NO4. The summed E-state index contributed by atoms with van der Waals surface area (Å²) >= 11 is 0. The van der Waals surface area contributed by atoms with Crippen LogP contribution in [0.4, 0.5) is 4.79 Å². The minimum absolute atomic E-state index is 0.218. The molecular weight excluding hydrogens is 222 g/mol.